The summed E-state index contributed by atoms with van der Waals surface area (Å²) < 4.78 is 1.91. The molecule has 4 rings (SSSR count). The Kier molecular flexibility index (Phi) is 3.90. The molecule has 1 fully saturated rings. The van der Waals surface area contributed by atoms with Crippen LogP contribution in [0.2, 0.25) is 0 Å². The zero-order valence-corrected chi connectivity index (χ0v) is 14.9. The molecule has 0 N–H and O–H groups in total. The second-order valence-corrected chi connectivity index (χ2v) is 7.44. The monoisotopic (exact) mass is 340 g/mol. The maximum atomic E-state index is 4.80. The van der Waals surface area contributed by atoms with Crippen LogP contribution in [0.4, 0.5) is 0 Å². The highest BCUT2D eigenvalue weighted by Gasteiger charge is 2.30. The lowest BCUT2D eigenvalue weighted by Crippen LogP contribution is -2.10. The van der Waals surface area contributed by atoms with Crippen LogP contribution in [0.3, 0.4) is 0 Å². The molecular formula is C17H20N6S. The molecule has 24 heavy (non-hydrogen) atoms. The van der Waals surface area contributed by atoms with Gasteiger partial charge in [-0.1, -0.05) is 0 Å². The second kappa shape index (κ2) is 6.07. The van der Waals surface area contributed by atoms with Crippen LogP contribution in [0.15, 0.2) is 23.7 Å². The highest BCUT2D eigenvalue weighted by Crippen LogP contribution is 2.39. The standard InChI is InChI=1S/C17H20N6S/c1-11-8-13(6-7-18-11)23-17(20-16(21-23)12-4-5-12)14-10-24-15(19-14)9-22(2)3/h6-8,10,12H,4-5,9H2,1-3H3. The van der Waals surface area contributed by atoms with Crippen LogP contribution < -0.4 is 0 Å². The van der Waals surface area contributed by atoms with Gasteiger partial charge in [-0.05, 0) is 46.0 Å². The number of aromatic nitrogens is 5. The van der Waals surface area contributed by atoms with Gasteiger partial charge < -0.3 is 4.90 Å². The maximum Gasteiger partial charge on any atom is 0.182 e. The quantitative estimate of drug-likeness (QED) is 0.714. The molecular weight excluding hydrogens is 320 g/mol. The number of hydrogen-bond acceptors (Lipinski definition) is 6. The Balaban J connectivity index is 1.77. The molecule has 3 aromatic heterocycles. The Bertz CT molecular complexity index is 862. The van der Waals surface area contributed by atoms with Crippen LogP contribution in [0, 0.1) is 6.92 Å². The second-order valence-electron chi connectivity index (χ2n) is 6.50. The molecule has 7 heteroatoms. The van der Waals surface area contributed by atoms with Crippen LogP contribution in [0.1, 0.15) is 35.3 Å². The molecule has 0 saturated heterocycles. The van der Waals surface area contributed by atoms with Gasteiger partial charge in [-0.2, -0.15) is 5.10 Å². The summed E-state index contributed by atoms with van der Waals surface area (Å²) in [6.07, 6.45) is 4.18. The molecule has 0 unspecified atom stereocenters. The summed E-state index contributed by atoms with van der Waals surface area (Å²) in [5, 5.41) is 7.92. The highest BCUT2D eigenvalue weighted by molar-refractivity contribution is 7.09. The fourth-order valence-electron chi connectivity index (χ4n) is 2.61. The van der Waals surface area contributed by atoms with Crippen molar-refractivity contribution >= 4 is 11.3 Å². The van der Waals surface area contributed by atoms with E-state index in [4.69, 9.17) is 15.1 Å². The van der Waals surface area contributed by atoms with Crippen molar-refractivity contribution in [1.29, 1.82) is 0 Å². The van der Waals surface area contributed by atoms with Gasteiger partial charge in [-0.25, -0.2) is 14.6 Å². The van der Waals surface area contributed by atoms with Crippen molar-refractivity contribution in [3.05, 3.63) is 40.2 Å². The molecule has 0 spiro atoms. The maximum absolute atomic E-state index is 4.80. The summed E-state index contributed by atoms with van der Waals surface area (Å²) in [7, 11) is 4.10. The summed E-state index contributed by atoms with van der Waals surface area (Å²) in [4.78, 5) is 16.0. The van der Waals surface area contributed by atoms with Gasteiger partial charge in [0.1, 0.15) is 10.7 Å². The topological polar surface area (TPSA) is 59.7 Å². The third kappa shape index (κ3) is 3.09. The Labute approximate surface area is 145 Å². The van der Waals surface area contributed by atoms with Crippen LogP contribution in [0.25, 0.3) is 17.2 Å². The minimum absolute atomic E-state index is 0.507. The van der Waals surface area contributed by atoms with E-state index >= 15 is 0 Å². The minimum Gasteiger partial charge on any atom is -0.303 e. The first-order valence-corrected chi connectivity index (χ1v) is 8.97. The molecule has 0 aliphatic heterocycles. The Morgan fingerprint density at radius 2 is 2.12 bits per heavy atom. The van der Waals surface area contributed by atoms with E-state index in [9.17, 15) is 0 Å². The third-order valence-electron chi connectivity index (χ3n) is 3.92. The first kappa shape index (κ1) is 15.4. The van der Waals surface area contributed by atoms with E-state index < -0.39 is 0 Å². The van der Waals surface area contributed by atoms with E-state index in [1.165, 1.54) is 12.8 Å². The summed E-state index contributed by atoms with van der Waals surface area (Å²) in [5.41, 5.74) is 2.85. The fourth-order valence-corrected chi connectivity index (χ4v) is 3.50. The van der Waals surface area contributed by atoms with Gasteiger partial charge in [0.25, 0.3) is 0 Å². The van der Waals surface area contributed by atoms with Crippen LogP contribution in [-0.2, 0) is 6.54 Å². The van der Waals surface area contributed by atoms with Gasteiger partial charge in [0.05, 0.1) is 5.69 Å². The van der Waals surface area contributed by atoms with E-state index in [1.807, 2.05) is 29.9 Å². The number of thiazole rings is 1. The SMILES string of the molecule is Cc1cc(-n2nc(C3CC3)nc2-c2csc(CN(C)C)n2)ccn1. The predicted octanol–water partition coefficient (Wildman–Crippen LogP) is 3.03. The van der Waals surface area contributed by atoms with Crippen molar-refractivity contribution in [2.45, 2.75) is 32.2 Å². The lowest BCUT2D eigenvalue weighted by atomic mass is 10.3. The summed E-state index contributed by atoms with van der Waals surface area (Å²) in [6.45, 7) is 2.82. The Morgan fingerprint density at radius 1 is 1.29 bits per heavy atom. The van der Waals surface area contributed by atoms with E-state index in [0.29, 0.717) is 5.92 Å². The van der Waals surface area contributed by atoms with Gasteiger partial charge in [-0.3, -0.25) is 4.98 Å². The molecule has 1 aliphatic carbocycles. The van der Waals surface area contributed by atoms with Crippen molar-refractivity contribution in [2.24, 2.45) is 0 Å². The average Bonchev–Trinajstić information content (AvgIpc) is 3.13. The van der Waals surface area contributed by atoms with Gasteiger partial charge >= 0.3 is 0 Å². The molecule has 1 aliphatic rings. The van der Waals surface area contributed by atoms with Crippen molar-refractivity contribution in [3.63, 3.8) is 0 Å². The van der Waals surface area contributed by atoms with E-state index in [1.54, 1.807) is 11.3 Å². The molecule has 124 valence electrons. The Morgan fingerprint density at radius 3 is 2.83 bits per heavy atom. The summed E-state index contributed by atoms with van der Waals surface area (Å²) in [5.74, 6) is 2.26. The molecule has 0 amide bonds. The van der Waals surface area contributed by atoms with Crippen molar-refractivity contribution < 1.29 is 0 Å². The van der Waals surface area contributed by atoms with Crippen LogP contribution in [0.5, 0.6) is 0 Å². The largest absolute Gasteiger partial charge is 0.303 e. The average molecular weight is 340 g/mol. The van der Waals surface area contributed by atoms with Gasteiger partial charge in [0.15, 0.2) is 11.6 Å². The van der Waals surface area contributed by atoms with Crippen molar-refractivity contribution in [2.75, 3.05) is 14.1 Å². The smallest absolute Gasteiger partial charge is 0.182 e. The van der Waals surface area contributed by atoms with Crippen LogP contribution in [-0.4, -0.2) is 43.7 Å². The number of nitrogens with zero attached hydrogens (tertiary/aromatic N) is 6. The van der Waals surface area contributed by atoms with Crippen molar-refractivity contribution in [1.82, 2.24) is 29.6 Å². The first-order valence-electron chi connectivity index (χ1n) is 8.09. The fraction of sp³-hybridized carbons (Fsp3) is 0.412. The highest BCUT2D eigenvalue weighted by atomic mass is 32.1. The number of pyridine rings is 1. The predicted molar refractivity (Wildman–Crippen MR) is 94.4 cm³/mol. The summed E-state index contributed by atoms with van der Waals surface area (Å²) >= 11 is 1.67. The molecule has 1 saturated carbocycles. The Hall–Kier alpha value is -2.12. The minimum atomic E-state index is 0.507. The normalized spacial score (nSPS) is 14.5. The zero-order chi connectivity index (χ0) is 16.7. The van der Waals surface area contributed by atoms with Gasteiger partial charge in [0, 0.05) is 29.7 Å². The number of aryl methyl sites for hydroxylation is 1. The van der Waals surface area contributed by atoms with E-state index in [0.717, 1.165) is 40.3 Å². The molecule has 0 aromatic carbocycles. The van der Waals surface area contributed by atoms with Gasteiger partial charge in [0.2, 0.25) is 0 Å². The third-order valence-corrected chi connectivity index (χ3v) is 4.76. The first-order chi connectivity index (χ1) is 11.6. The number of rotatable bonds is 5. The number of hydrogen-bond donors (Lipinski definition) is 0. The molecule has 0 radical (unpaired) electrons. The molecule has 3 aromatic rings. The van der Waals surface area contributed by atoms with E-state index in [-0.39, 0.29) is 0 Å². The van der Waals surface area contributed by atoms with Crippen molar-refractivity contribution in [3.8, 4) is 17.2 Å². The van der Waals surface area contributed by atoms with Gasteiger partial charge in [-0.15, -0.1) is 11.3 Å². The zero-order valence-electron chi connectivity index (χ0n) is 14.1. The molecule has 3 heterocycles. The molecule has 0 atom stereocenters. The van der Waals surface area contributed by atoms with Crippen LogP contribution >= 0.6 is 11.3 Å². The molecule has 0 bridgehead atoms. The lowest BCUT2D eigenvalue weighted by Gasteiger charge is -2.06. The lowest BCUT2D eigenvalue weighted by molar-refractivity contribution is 0.401. The summed E-state index contributed by atoms with van der Waals surface area (Å²) in [6, 6.07) is 4.00. The van der Waals surface area contributed by atoms with E-state index in [2.05, 4.69) is 29.4 Å². The molecule has 6 nitrogen and oxygen atoms in total.